The van der Waals surface area contributed by atoms with Crippen LogP contribution in [0.5, 0.6) is 0 Å². The number of hydrogen-bond acceptors (Lipinski definition) is 4. The fourth-order valence-electron chi connectivity index (χ4n) is 1.71. The van der Waals surface area contributed by atoms with E-state index in [0.717, 1.165) is 14.9 Å². The van der Waals surface area contributed by atoms with Crippen molar-refractivity contribution in [2.45, 2.75) is 6.92 Å². The topological polar surface area (TPSA) is 113 Å². The molecule has 0 saturated carbocycles. The van der Waals surface area contributed by atoms with Crippen LogP contribution in [0, 0.1) is 6.92 Å². The zero-order valence-electron chi connectivity index (χ0n) is 11.4. The Morgan fingerprint density at radius 2 is 1.95 bits per heavy atom. The first-order chi connectivity index (χ1) is 9.77. The molecule has 0 unspecified atom stereocenters. The van der Waals surface area contributed by atoms with Gasteiger partial charge in [0.15, 0.2) is 0 Å². The molecule has 0 saturated heterocycles. The van der Waals surface area contributed by atoms with Gasteiger partial charge in [0, 0.05) is 10.2 Å². The first-order valence-electron chi connectivity index (χ1n) is 6.06. The van der Waals surface area contributed by atoms with Crippen molar-refractivity contribution < 1.29 is 19.5 Å². The summed E-state index contributed by atoms with van der Waals surface area (Å²) < 4.78 is 0.918. The van der Waals surface area contributed by atoms with Gasteiger partial charge in [-0.15, -0.1) is 0 Å². The van der Waals surface area contributed by atoms with E-state index in [1.165, 1.54) is 0 Å². The number of nitrogens with two attached hydrogens (primary N) is 1. The van der Waals surface area contributed by atoms with E-state index in [0.29, 0.717) is 5.69 Å². The third-order valence-electron chi connectivity index (χ3n) is 2.55. The monoisotopic (exact) mass is 357 g/mol. The fourth-order valence-corrected chi connectivity index (χ4v) is 1.95. The first kappa shape index (κ1) is 17.1. The number of nitrogens with zero attached hydrogens (tertiary/aromatic N) is 1. The average Bonchev–Trinajstić information content (AvgIpc) is 2.31. The first-order valence-corrected chi connectivity index (χ1v) is 6.85. The highest BCUT2D eigenvalue weighted by atomic mass is 79.9. The van der Waals surface area contributed by atoms with E-state index >= 15 is 0 Å². The number of halogens is 1. The minimum atomic E-state index is -1.14. The molecule has 0 aromatic heterocycles. The summed E-state index contributed by atoms with van der Waals surface area (Å²) in [4.78, 5) is 34.6. The normalized spacial score (nSPS) is 10.4. The minimum Gasteiger partial charge on any atom is -0.480 e. The number of carbonyl (C=O) groups is 3. The largest absolute Gasteiger partial charge is 0.480 e. The van der Waals surface area contributed by atoms with Gasteiger partial charge in [0.25, 0.3) is 0 Å². The number of benzene rings is 1. The lowest BCUT2D eigenvalue weighted by Crippen LogP contribution is -2.41. The highest BCUT2D eigenvalue weighted by molar-refractivity contribution is 9.10. The summed E-state index contributed by atoms with van der Waals surface area (Å²) >= 11 is 3.35. The second-order valence-electron chi connectivity index (χ2n) is 4.52. The van der Waals surface area contributed by atoms with Crippen LogP contribution in [0.3, 0.4) is 0 Å². The van der Waals surface area contributed by atoms with E-state index in [2.05, 4.69) is 21.2 Å². The highest BCUT2D eigenvalue weighted by Crippen LogP contribution is 2.19. The summed E-state index contributed by atoms with van der Waals surface area (Å²) in [7, 11) is 0. The lowest BCUT2D eigenvalue weighted by Gasteiger charge is -2.18. The van der Waals surface area contributed by atoms with Crippen molar-refractivity contribution >= 4 is 39.4 Å². The Labute approximate surface area is 130 Å². The SMILES string of the molecule is Cc1cc(NC(=O)CN(CC(N)=O)CC(=O)O)ccc1Br. The maximum Gasteiger partial charge on any atom is 0.317 e. The summed E-state index contributed by atoms with van der Waals surface area (Å²) in [6, 6.07) is 5.28. The van der Waals surface area contributed by atoms with Crippen LogP contribution in [-0.2, 0) is 14.4 Å². The predicted octanol–water partition coefficient (Wildman–Crippen LogP) is 0.568. The smallest absolute Gasteiger partial charge is 0.317 e. The van der Waals surface area contributed by atoms with Gasteiger partial charge in [0.1, 0.15) is 0 Å². The number of carboxylic acid groups (broad SMARTS) is 1. The molecule has 114 valence electrons. The molecule has 2 amide bonds. The number of rotatable bonds is 7. The Morgan fingerprint density at radius 1 is 1.29 bits per heavy atom. The molecule has 4 N–H and O–H groups in total. The van der Waals surface area contributed by atoms with Gasteiger partial charge in [-0.2, -0.15) is 0 Å². The van der Waals surface area contributed by atoms with Crippen molar-refractivity contribution in [1.29, 1.82) is 0 Å². The molecule has 0 atom stereocenters. The van der Waals surface area contributed by atoms with Crippen molar-refractivity contribution in [2.24, 2.45) is 5.73 Å². The second kappa shape index (κ2) is 7.75. The number of carboxylic acids is 1. The third kappa shape index (κ3) is 6.37. The minimum absolute atomic E-state index is 0.232. The van der Waals surface area contributed by atoms with Gasteiger partial charge in [-0.25, -0.2) is 0 Å². The summed E-state index contributed by atoms with van der Waals surface area (Å²) in [6.45, 7) is 0.919. The molecule has 1 rings (SSSR count). The Bertz CT molecular complexity index is 546. The summed E-state index contributed by atoms with van der Waals surface area (Å²) in [5, 5.41) is 11.4. The molecule has 0 aliphatic heterocycles. The molecule has 0 fully saturated rings. The average molecular weight is 358 g/mol. The molecule has 0 heterocycles. The lowest BCUT2D eigenvalue weighted by molar-refractivity contribution is -0.138. The highest BCUT2D eigenvalue weighted by Gasteiger charge is 2.16. The van der Waals surface area contributed by atoms with Crippen molar-refractivity contribution in [3.63, 3.8) is 0 Å². The van der Waals surface area contributed by atoms with E-state index in [9.17, 15) is 14.4 Å². The summed E-state index contributed by atoms with van der Waals surface area (Å²) in [5.41, 5.74) is 6.57. The molecule has 1 aromatic rings. The van der Waals surface area contributed by atoms with E-state index in [1.807, 2.05) is 6.92 Å². The van der Waals surface area contributed by atoms with Crippen LogP contribution < -0.4 is 11.1 Å². The standard InChI is InChI=1S/C13H16BrN3O4/c1-8-4-9(2-3-10(8)14)16-12(19)6-17(5-11(15)18)7-13(20)21/h2-4H,5-7H2,1H3,(H2,15,18)(H,16,19)(H,20,21). The second-order valence-corrected chi connectivity index (χ2v) is 5.37. The van der Waals surface area contributed by atoms with Crippen molar-refractivity contribution in [3.05, 3.63) is 28.2 Å². The van der Waals surface area contributed by atoms with Crippen LogP contribution in [0.1, 0.15) is 5.56 Å². The molecule has 7 nitrogen and oxygen atoms in total. The van der Waals surface area contributed by atoms with Crippen LogP contribution in [0.15, 0.2) is 22.7 Å². The van der Waals surface area contributed by atoms with Crippen LogP contribution in [-0.4, -0.2) is 47.4 Å². The fraction of sp³-hybridized carbons (Fsp3) is 0.308. The number of hydrogen-bond donors (Lipinski definition) is 3. The Balaban J connectivity index is 2.66. The third-order valence-corrected chi connectivity index (χ3v) is 3.44. The van der Waals surface area contributed by atoms with Crippen LogP contribution >= 0.6 is 15.9 Å². The van der Waals surface area contributed by atoms with Crippen LogP contribution in [0.2, 0.25) is 0 Å². The van der Waals surface area contributed by atoms with Crippen LogP contribution in [0.25, 0.3) is 0 Å². The van der Waals surface area contributed by atoms with E-state index < -0.39 is 24.3 Å². The van der Waals surface area contributed by atoms with Crippen molar-refractivity contribution in [3.8, 4) is 0 Å². The van der Waals surface area contributed by atoms with E-state index in [-0.39, 0.29) is 13.1 Å². The number of amides is 2. The lowest BCUT2D eigenvalue weighted by atomic mass is 10.2. The molecule has 0 aliphatic carbocycles. The Morgan fingerprint density at radius 3 is 2.48 bits per heavy atom. The zero-order chi connectivity index (χ0) is 16.0. The summed E-state index contributed by atoms with van der Waals surface area (Å²) in [6.07, 6.45) is 0. The Hall–Kier alpha value is -1.93. The quantitative estimate of drug-likeness (QED) is 0.660. The molecule has 0 spiro atoms. The number of carbonyl (C=O) groups excluding carboxylic acids is 2. The molecule has 21 heavy (non-hydrogen) atoms. The molecule has 1 aromatic carbocycles. The van der Waals surface area contributed by atoms with E-state index in [1.54, 1.807) is 18.2 Å². The zero-order valence-corrected chi connectivity index (χ0v) is 13.0. The molecular weight excluding hydrogens is 342 g/mol. The van der Waals surface area contributed by atoms with Gasteiger partial charge in [-0.3, -0.25) is 19.3 Å². The van der Waals surface area contributed by atoms with Crippen molar-refractivity contribution in [1.82, 2.24) is 4.90 Å². The van der Waals surface area contributed by atoms with Gasteiger partial charge < -0.3 is 16.2 Å². The molecule has 0 bridgehead atoms. The number of anilines is 1. The van der Waals surface area contributed by atoms with Crippen molar-refractivity contribution in [2.75, 3.05) is 25.0 Å². The van der Waals surface area contributed by atoms with Gasteiger partial charge in [-0.1, -0.05) is 15.9 Å². The summed E-state index contributed by atoms with van der Waals surface area (Å²) in [5.74, 6) is -2.24. The van der Waals surface area contributed by atoms with Gasteiger partial charge in [-0.05, 0) is 30.7 Å². The molecule has 8 heteroatoms. The van der Waals surface area contributed by atoms with Gasteiger partial charge in [0.05, 0.1) is 19.6 Å². The van der Waals surface area contributed by atoms with Gasteiger partial charge in [0.2, 0.25) is 11.8 Å². The molecule has 0 radical (unpaired) electrons. The molecular formula is C13H16BrN3O4. The maximum atomic E-state index is 11.9. The van der Waals surface area contributed by atoms with Crippen LogP contribution in [0.4, 0.5) is 5.69 Å². The Kier molecular flexibility index (Phi) is 6.32. The number of nitrogens with one attached hydrogen (secondary N) is 1. The predicted molar refractivity (Wildman–Crippen MR) is 80.8 cm³/mol. The number of aliphatic carboxylic acids is 1. The maximum absolute atomic E-state index is 11.9. The number of aryl methyl sites for hydroxylation is 1. The van der Waals surface area contributed by atoms with E-state index in [4.69, 9.17) is 10.8 Å². The molecule has 0 aliphatic rings. The van der Waals surface area contributed by atoms with Gasteiger partial charge >= 0.3 is 5.97 Å². The number of primary amides is 1.